The molecular weight excluding hydrogens is 496 g/mol. The molecule has 0 radical (unpaired) electrons. The van der Waals surface area contributed by atoms with Crippen LogP contribution in [-0.4, -0.2) is 25.2 Å². The molecule has 0 aromatic rings. The van der Waals surface area contributed by atoms with E-state index < -0.39 is 0 Å². The SMILES string of the molecule is CCCCCCCCCCCCCCOC(=O)CCCCCCC(=O)OCCCCCCCCCCCCCC. The van der Waals surface area contributed by atoms with Crippen LogP contribution in [0, 0.1) is 0 Å². The number of carbonyl (C=O) groups is 2. The van der Waals surface area contributed by atoms with Crippen LogP contribution in [-0.2, 0) is 19.1 Å². The first-order chi connectivity index (χ1) is 19.7. The molecule has 0 fully saturated rings. The number of esters is 2. The third kappa shape index (κ3) is 33.1. The number of carbonyl (C=O) groups excluding carboxylic acids is 2. The Morgan fingerprint density at radius 2 is 0.550 bits per heavy atom. The van der Waals surface area contributed by atoms with E-state index in [1.165, 1.54) is 141 Å². The summed E-state index contributed by atoms with van der Waals surface area (Å²) in [5.74, 6) is -0.130. The second kappa shape index (κ2) is 34.1. The number of unbranched alkanes of at least 4 members (excludes halogenated alkanes) is 25. The Balaban J connectivity index is 3.26. The van der Waals surface area contributed by atoms with Crippen molar-refractivity contribution in [3.05, 3.63) is 0 Å². The molecule has 0 amide bonds. The van der Waals surface area contributed by atoms with Crippen molar-refractivity contribution in [2.45, 2.75) is 206 Å². The van der Waals surface area contributed by atoms with E-state index in [0.717, 1.165) is 38.5 Å². The van der Waals surface area contributed by atoms with Crippen LogP contribution >= 0.6 is 0 Å². The molecule has 0 aromatic carbocycles. The summed E-state index contributed by atoms with van der Waals surface area (Å²) in [6.45, 7) is 5.68. The van der Waals surface area contributed by atoms with E-state index in [1.54, 1.807) is 0 Å². The highest BCUT2D eigenvalue weighted by molar-refractivity contribution is 5.69. The lowest BCUT2D eigenvalue weighted by Crippen LogP contribution is -2.06. The van der Waals surface area contributed by atoms with Crippen molar-refractivity contribution in [2.24, 2.45) is 0 Å². The molecular formula is C36H70O4. The van der Waals surface area contributed by atoms with E-state index in [4.69, 9.17) is 9.47 Å². The van der Waals surface area contributed by atoms with Crippen LogP contribution in [0.3, 0.4) is 0 Å². The van der Waals surface area contributed by atoms with E-state index in [0.29, 0.717) is 26.1 Å². The van der Waals surface area contributed by atoms with Gasteiger partial charge in [-0.25, -0.2) is 0 Å². The van der Waals surface area contributed by atoms with E-state index in [9.17, 15) is 9.59 Å². The van der Waals surface area contributed by atoms with Gasteiger partial charge in [0.2, 0.25) is 0 Å². The first kappa shape index (κ1) is 38.9. The molecule has 0 spiro atoms. The van der Waals surface area contributed by atoms with Crippen LogP contribution < -0.4 is 0 Å². The smallest absolute Gasteiger partial charge is 0.305 e. The molecule has 40 heavy (non-hydrogen) atoms. The molecule has 0 bridgehead atoms. The Labute approximate surface area is 250 Å². The molecule has 4 heteroatoms. The molecule has 238 valence electrons. The average molecular weight is 567 g/mol. The quantitative estimate of drug-likeness (QED) is 0.0585. The second-order valence-corrected chi connectivity index (χ2v) is 12.1. The fraction of sp³-hybridized carbons (Fsp3) is 0.944. The van der Waals surface area contributed by atoms with Crippen molar-refractivity contribution >= 4 is 11.9 Å². The van der Waals surface area contributed by atoms with Crippen LogP contribution in [0.1, 0.15) is 206 Å². The molecule has 4 nitrogen and oxygen atoms in total. The Morgan fingerprint density at radius 1 is 0.325 bits per heavy atom. The number of rotatable bonds is 33. The van der Waals surface area contributed by atoms with Crippen molar-refractivity contribution in [2.75, 3.05) is 13.2 Å². The maximum absolute atomic E-state index is 11.9. The minimum absolute atomic E-state index is 0.0649. The van der Waals surface area contributed by atoms with Gasteiger partial charge in [0.25, 0.3) is 0 Å². The van der Waals surface area contributed by atoms with Gasteiger partial charge in [-0.2, -0.15) is 0 Å². The molecule has 0 rings (SSSR count). The lowest BCUT2D eigenvalue weighted by atomic mass is 10.1. The van der Waals surface area contributed by atoms with Crippen molar-refractivity contribution in [1.29, 1.82) is 0 Å². The van der Waals surface area contributed by atoms with E-state index in [-0.39, 0.29) is 11.9 Å². The Kier molecular flexibility index (Phi) is 33.2. The highest BCUT2D eigenvalue weighted by Gasteiger charge is 2.05. The summed E-state index contributed by atoms with van der Waals surface area (Å²) in [7, 11) is 0. The highest BCUT2D eigenvalue weighted by atomic mass is 16.5. The van der Waals surface area contributed by atoms with Gasteiger partial charge in [-0.15, -0.1) is 0 Å². The fourth-order valence-corrected chi connectivity index (χ4v) is 5.29. The van der Waals surface area contributed by atoms with Gasteiger partial charge in [-0.3, -0.25) is 9.59 Å². The molecule has 0 aliphatic heterocycles. The molecule has 0 unspecified atom stereocenters. The average Bonchev–Trinajstić information content (AvgIpc) is 2.95. The van der Waals surface area contributed by atoms with Gasteiger partial charge < -0.3 is 9.47 Å². The molecule has 0 aliphatic rings. The van der Waals surface area contributed by atoms with Gasteiger partial charge in [-0.05, 0) is 25.7 Å². The molecule has 0 aromatic heterocycles. The number of hydrogen-bond donors (Lipinski definition) is 0. The molecule has 0 N–H and O–H groups in total. The minimum Gasteiger partial charge on any atom is -0.466 e. The fourth-order valence-electron chi connectivity index (χ4n) is 5.29. The van der Waals surface area contributed by atoms with Gasteiger partial charge in [0, 0.05) is 12.8 Å². The normalized spacial score (nSPS) is 11.2. The molecule has 0 saturated carbocycles. The topological polar surface area (TPSA) is 52.6 Å². The summed E-state index contributed by atoms with van der Waals surface area (Å²) in [4.78, 5) is 23.8. The monoisotopic (exact) mass is 567 g/mol. The summed E-state index contributed by atoms with van der Waals surface area (Å²) >= 11 is 0. The first-order valence-corrected chi connectivity index (χ1v) is 18.0. The van der Waals surface area contributed by atoms with E-state index >= 15 is 0 Å². The third-order valence-corrected chi connectivity index (χ3v) is 8.03. The standard InChI is InChI=1S/C36H70O4/c1-3-5-7-9-11-13-15-17-19-21-25-29-33-39-35(37)31-27-23-24-28-32-36(38)40-34-30-26-22-20-18-16-14-12-10-8-6-4-2/h3-34H2,1-2H3. The van der Waals surface area contributed by atoms with Crippen LogP contribution in [0.15, 0.2) is 0 Å². The van der Waals surface area contributed by atoms with Gasteiger partial charge >= 0.3 is 11.9 Å². The van der Waals surface area contributed by atoms with Crippen molar-refractivity contribution < 1.29 is 19.1 Å². The van der Waals surface area contributed by atoms with Gasteiger partial charge in [-0.1, -0.05) is 168 Å². The molecule has 0 heterocycles. The lowest BCUT2D eigenvalue weighted by molar-refractivity contribution is -0.145. The molecule has 0 saturated heterocycles. The van der Waals surface area contributed by atoms with E-state index in [2.05, 4.69) is 13.8 Å². The van der Waals surface area contributed by atoms with Crippen LogP contribution in [0.2, 0.25) is 0 Å². The highest BCUT2D eigenvalue weighted by Crippen LogP contribution is 2.14. The lowest BCUT2D eigenvalue weighted by Gasteiger charge is -2.06. The predicted molar refractivity (Wildman–Crippen MR) is 172 cm³/mol. The van der Waals surface area contributed by atoms with Gasteiger partial charge in [0.15, 0.2) is 0 Å². The predicted octanol–water partition coefficient (Wildman–Crippen LogP) is 11.8. The zero-order valence-electron chi connectivity index (χ0n) is 27.3. The zero-order valence-corrected chi connectivity index (χ0v) is 27.3. The number of ether oxygens (including phenoxy) is 2. The Bertz CT molecular complexity index is 473. The van der Waals surface area contributed by atoms with Gasteiger partial charge in [0.05, 0.1) is 13.2 Å². The van der Waals surface area contributed by atoms with Crippen LogP contribution in [0.25, 0.3) is 0 Å². The second-order valence-electron chi connectivity index (χ2n) is 12.1. The van der Waals surface area contributed by atoms with Crippen molar-refractivity contribution in [1.82, 2.24) is 0 Å². The van der Waals surface area contributed by atoms with Crippen LogP contribution in [0.4, 0.5) is 0 Å². The van der Waals surface area contributed by atoms with Crippen LogP contribution in [0.5, 0.6) is 0 Å². The summed E-state index contributed by atoms with van der Waals surface area (Å²) in [5, 5.41) is 0. The van der Waals surface area contributed by atoms with Crippen molar-refractivity contribution in [3.63, 3.8) is 0 Å². The van der Waals surface area contributed by atoms with E-state index in [1.807, 2.05) is 0 Å². The summed E-state index contributed by atoms with van der Waals surface area (Å²) in [6.07, 6.45) is 36.2. The van der Waals surface area contributed by atoms with Gasteiger partial charge in [0.1, 0.15) is 0 Å². The summed E-state index contributed by atoms with van der Waals surface area (Å²) in [5.41, 5.74) is 0. The first-order valence-electron chi connectivity index (χ1n) is 18.0. The molecule has 0 atom stereocenters. The van der Waals surface area contributed by atoms with Crippen molar-refractivity contribution in [3.8, 4) is 0 Å². The maximum atomic E-state index is 11.9. The third-order valence-electron chi connectivity index (χ3n) is 8.03. The minimum atomic E-state index is -0.0649. The Hall–Kier alpha value is -1.06. The largest absolute Gasteiger partial charge is 0.466 e. The summed E-state index contributed by atoms with van der Waals surface area (Å²) in [6, 6.07) is 0. The summed E-state index contributed by atoms with van der Waals surface area (Å²) < 4.78 is 10.8. The molecule has 0 aliphatic carbocycles. The number of hydrogen-bond acceptors (Lipinski definition) is 4. The zero-order chi connectivity index (χ0) is 29.2. The maximum Gasteiger partial charge on any atom is 0.305 e. The Morgan fingerprint density at radius 3 is 0.825 bits per heavy atom.